The molecule has 50 heavy (non-hydrogen) atoms. The first kappa shape index (κ1) is 42.9. The summed E-state index contributed by atoms with van der Waals surface area (Å²) in [6, 6.07) is 30.5. The van der Waals surface area contributed by atoms with Gasteiger partial charge in [-0.25, -0.2) is 8.42 Å². The van der Waals surface area contributed by atoms with E-state index in [1.165, 1.54) is 20.2 Å². The average Bonchev–Trinajstić information content (AvgIpc) is 3.01. The highest BCUT2D eigenvalue weighted by Gasteiger charge is 2.95. The Morgan fingerprint density at radius 2 is 0.820 bits per heavy atom. The summed E-state index contributed by atoms with van der Waals surface area (Å²) in [5.74, 6) is -52.1. The van der Waals surface area contributed by atoms with Crippen molar-refractivity contribution in [1.82, 2.24) is 0 Å². The zero-order chi connectivity index (χ0) is 39.0. The van der Waals surface area contributed by atoms with Crippen molar-refractivity contribution in [1.29, 1.82) is 0 Å². The second-order valence-corrected chi connectivity index (χ2v) is 13.2. The summed E-state index contributed by atoms with van der Waals surface area (Å²) in [5, 5.41) is -7.95. The van der Waals surface area contributed by atoms with Gasteiger partial charge in [-0.15, -0.1) is 0 Å². The fourth-order valence-corrected chi connectivity index (χ4v) is 6.57. The number of rotatable bonds is 11. The van der Waals surface area contributed by atoms with Gasteiger partial charge in [0.05, 0.1) is 10.9 Å². The van der Waals surface area contributed by atoms with Gasteiger partial charge in [-0.3, -0.25) is 0 Å². The van der Waals surface area contributed by atoms with Crippen molar-refractivity contribution in [3.8, 4) is 0 Å². The van der Waals surface area contributed by atoms with Gasteiger partial charge in [-0.05, 0) is 36.8 Å². The molecule has 0 atom stereocenters. The minimum Gasteiger partial charge on any atom is -0.743 e. The van der Waals surface area contributed by atoms with Gasteiger partial charge in [-0.1, -0.05) is 61.5 Å². The zero-order valence-electron chi connectivity index (χ0n) is 24.3. The van der Waals surface area contributed by atoms with Crippen LogP contribution in [0.15, 0.2) is 99.6 Å². The molecule has 0 fully saturated rings. The highest BCUT2D eigenvalue weighted by molar-refractivity contribution is 7.97. The topological polar surface area (TPSA) is 57.2 Å². The lowest BCUT2D eigenvalue weighted by Gasteiger charge is -2.42. The van der Waals surface area contributed by atoms with Crippen LogP contribution in [0, 0.1) is 0 Å². The summed E-state index contributed by atoms with van der Waals surface area (Å²) in [6.07, 6.45) is -6.82. The van der Waals surface area contributed by atoms with Crippen LogP contribution in [-0.4, -0.2) is 59.9 Å². The van der Waals surface area contributed by atoms with E-state index in [1.54, 1.807) is 0 Å². The van der Waals surface area contributed by atoms with Crippen LogP contribution < -0.4 is 0 Å². The van der Waals surface area contributed by atoms with Gasteiger partial charge in [0.1, 0.15) is 0 Å². The molecular weight excluding hydrogens is 771 g/mol. The maximum atomic E-state index is 13.0. The summed E-state index contributed by atoms with van der Waals surface area (Å²) in [5.41, 5.74) is 1.44. The molecule has 22 heteroatoms. The lowest BCUT2D eigenvalue weighted by atomic mass is 9.91. The van der Waals surface area contributed by atoms with E-state index in [9.17, 15) is 87.6 Å². The Labute approximate surface area is 274 Å². The number of hydrogen-bond acceptors (Lipinski definition) is 3. The van der Waals surface area contributed by atoms with Crippen molar-refractivity contribution in [3.05, 3.63) is 90.5 Å². The Morgan fingerprint density at radius 3 is 1.16 bits per heavy atom. The third kappa shape index (κ3) is 7.10. The summed E-state index contributed by atoms with van der Waals surface area (Å²) in [7, 11) is -8.17. The van der Waals surface area contributed by atoms with Gasteiger partial charge in [-0.2, -0.15) is 74.6 Å². The van der Waals surface area contributed by atoms with E-state index < -0.39 is 57.1 Å². The predicted molar refractivity (Wildman–Crippen MR) is 141 cm³/mol. The van der Waals surface area contributed by atoms with Crippen LogP contribution in [0.25, 0.3) is 0 Å². The number of alkyl halides is 17. The summed E-state index contributed by atoms with van der Waals surface area (Å²) in [4.78, 5) is 4.20. The smallest absolute Gasteiger partial charge is 0.460 e. The van der Waals surface area contributed by atoms with Gasteiger partial charge in [0.25, 0.3) is 0 Å². The first-order valence-electron chi connectivity index (χ1n) is 13.0. The van der Waals surface area contributed by atoms with Crippen molar-refractivity contribution in [2.75, 3.05) is 0 Å². The molecule has 0 bridgehead atoms. The van der Waals surface area contributed by atoms with Crippen LogP contribution in [0.5, 0.6) is 0 Å². The molecule has 0 spiro atoms. The third-order valence-electron chi connectivity index (χ3n) is 6.54. The van der Waals surface area contributed by atoms with Crippen molar-refractivity contribution >= 4 is 21.0 Å². The van der Waals surface area contributed by atoms with Crippen molar-refractivity contribution in [2.24, 2.45) is 0 Å². The summed E-state index contributed by atoms with van der Waals surface area (Å²) < 4.78 is 244. The van der Waals surface area contributed by atoms with E-state index in [1.807, 2.05) is 0 Å². The monoisotopic (exact) mass is 790 g/mol. The quantitative estimate of drug-likeness (QED) is 0.111. The van der Waals surface area contributed by atoms with Gasteiger partial charge in [0, 0.05) is 5.56 Å². The summed E-state index contributed by atoms with van der Waals surface area (Å²) in [6.45, 7) is 2.23. The largest absolute Gasteiger partial charge is 0.743 e. The molecule has 0 heterocycles. The average molecular weight is 791 g/mol. The molecule has 0 aromatic heterocycles. The predicted octanol–water partition coefficient (Wildman–Crippen LogP) is 9.84. The van der Waals surface area contributed by atoms with E-state index in [0.29, 0.717) is 0 Å². The number of aryl methyl sites for hydroxylation is 1. The van der Waals surface area contributed by atoms with Gasteiger partial charge in [0.15, 0.2) is 24.8 Å². The normalized spacial score (nSPS) is 14.3. The molecular formula is C28H19F17O3S2. The van der Waals surface area contributed by atoms with Crippen molar-refractivity contribution in [2.45, 2.75) is 75.0 Å². The zero-order valence-corrected chi connectivity index (χ0v) is 25.9. The van der Waals surface area contributed by atoms with Crippen LogP contribution in [0.3, 0.4) is 0 Å². The minimum absolute atomic E-state index is 0.0261. The second-order valence-electron chi connectivity index (χ2n) is 9.81. The van der Waals surface area contributed by atoms with Crippen LogP contribution in [0.2, 0.25) is 0 Å². The molecule has 0 saturated carbocycles. The molecule has 3 aromatic carbocycles. The molecule has 0 N–H and O–H groups in total. The van der Waals surface area contributed by atoms with E-state index in [4.69, 9.17) is 0 Å². The lowest BCUT2D eigenvalue weighted by Crippen LogP contribution is -2.75. The molecule has 0 aliphatic carbocycles. The minimum atomic E-state index is -8.92. The molecule has 0 saturated heterocycles. The Hall–Kier alpha value is -3.27. The maximum Gasteiger partial charge on any atom is 0.460 e. The highest BCUT2D eigenvalue weighted by Crippen LogP contribution is 2.64. The standard InChI is InChI=1S/C20H19S.C8HF17O3S/c1-2-17-11-9-10-16-20(17)21(18-12-5-3-6-13-18)19-14-7-4-8-15-19;9-1(10,3(13,14)5(17,18)7(21,22)23)2(11,12)4(15,16)6(19,20)8(24,25)29(26,27)28/h3-16H,2H2,1H3;(H,26,27,28)/q+1;/p-1. The summed E-state index contributed by atoms with van der Waals surface area (Å²) >= 11 is 0. The molecule has 0 amide bonds. The van der Waals surface area contributed by atoms with Crippen molar-refractivity contribution in [3.63, 3.8) is 0 Å². The molecule has 3 nitrogen and oxygen atoms in total. The van der Waals surface area contributed by atoms with E-state index in [2.05, 4.69) is 91.9 Å². The Bertz CT molecular complexity index is 1660. The van der Waals surface area contributed by atoms with Gasteiger partial charge >= 0.3 is 47.0 Å². The Morgan fingerprint density at radius 1 is 0.500 bits per heavy atom. The highest BCUT2D eigenvalue weighted by atomic mass is 32.2. The Kier molecular flexibility index (Phi) is 12.0. The fourth-order valence-electron chi connectivity index (χ4n) is 3.80. The molecule has 0 unspecified atom stereocenters. The maximum absolute atomic E-state index is 13.0. The molecule has 0 aliphatic rings. The van der Waals surface area contributed by atoms with Crippen LogP contribution in [0.4, 0.5) is 74.6 Å². The molecule has 0 radical (unpaired) electrons. The van der Waals surface area contributed by atoms with Crippen LogP contribution >= 0.6 is 0 Å². The number of hydrogen-bond donors (Lipinski definition) is 0. The van der Waals surface area contributed by atoms with E-state index >= 15 is 0 Å². The van der Waals surface area contributed by atoms with E-state index in [-0.39, 0.29) is 10.9 Å². The SMILES string of the molecule is CCc1ccccc1[S+](c1ccccc1)c1ccccc1.O=S(=O)([O-])C(F)(F)C(F)(F)C(F)(F)C(F)(F)C(F)(F)C(F)(F)C(F)(F)C(F)(F)F. The lowest BCUT2D eigenvalue weighted by molar-refractivity contribution is -0.458. The van der Waals surface area contributed by atoms with E-state index in [0.717, 1.165) is 6.42 Å². The van der Waals surface area contributed by atoms with Crippen molar-refractivity contribution < 1.29 is 87.6 Å². The molecule has 280 valence electrons. The molecule has 0 aliphatic heterocycles. The van der Waals surface area contributed by atoms with Crippen LogP contribution in [0.1, 0.15) is 12.5 Å². The van der Waals surface area contributed by atoms with Gasteiger partial charge in [0.2, 0.25) is 0 Å². The fraction of sp³-hybridized carbons (Fsp3) is 0.357. The van der Waals surface area contributed by atoms with Gasteiger partial charge < -0.3 is 4.55 Å². The third-order valence-corrected chi connectivity index (χ3v) is 9.75. The molecule has 3 aromatic rings. The first-order chi connectivity index (χ1) is 22.4. The molecule has 3 rings (SSSR count). The first-order valence-corrected chi connectivity index (χ1v) is 15.6. The Balaban J connectivity index is 0.000000361. The van der Waals surface area contributed by atoms with Crippen LogP contribution in [-0.2, 0) is 27.4 Å². The number of halogens is 17. The number of benzene rings is 3. The second kappa shape index (κ2) is 14.0.